The molecule has 2 rings (SSSR count). The quantitative estimate of drug-likeness (QED) is 0.845. The van der Waals surface area contributed by atoms with Crippen molar-refractivity contribution < 1.29 is 4.79 Å². The number of carbonyl (C=O) groups excluding carboxylic acids is 1. The number of amides is 1. The zero-order chi connectivity index (χ0) is 15.9. The molecule has 2 aromatic rings. The molecule has 0 saturated heterocycles. The smallest absolute Gasteiger partial charge is 0.257 e. The van der Waals surface area contributed by atoms with E-state index < -0.39 is 0 Å². The molecule has 0 bridgehead atoms. The number of nitrogens with one attached hydrogen (secondary N) is 2. The Morgan fingerprint density at radius 3 is 2.59 bits per heavy atom. The second kappa shape index (κ2) is 7.55. The Morgan fingerprint density at radius 1 is 1.23 bits per heavy atom. The van der Waals surface area contributed by atoms with Crippen LogP contribution in [-0.4, -0.2) is 11.0 Å². The van der Waals surface area contributed by atoms with Gasteiger partial charge in [-0.1, -0.05) is 29.8 Å². The average molecular weight is 330 g/mol. The number of rotatable bonds is 3. The van der Waals surface area contributed by atoms with Crippen LogP contribution in [0.15, 0.2) is 48.5 Å². The summed E-state index contributed by atoms with van der Waals surface area (Å²) in [6.45, 7) is 0. The first kappa shape index (κ1) is 16.0. The van der Waals surface area contributed by atoms with Crippen LogP contribution in [0.5, 0.6) is 0 Å². The third-order valence-corrected chi connectivity index (χ3v) is 3.25. The lowest BCUT2D eigenvalue weighted by atomic mass is 10.1. The number of halogens is 1. The van der Waals surface area contributed by atoms with Gasteiger partial charge < -0.3 is 5.32 Å². The van der Waals surface area contributed by atoms with Crippen LogP contribution < -0.4 is 10.6 Å². The summed E-state index contributed by atoms with van der Waals surface area (Å²) in [4.78, 5) is 12.0. The number of benzene rings is 2. The van der Waals surface area contributed by atoms with Crippen LogP contribution in [0, 0.1) is 11.3 Å². The summed E-state index contributed by atoms with van der Waals surface area (Å²) < 4.78 is 0. The summed E-state index contributed by atoms with van der Waals surface area (Å²) in [6.07, 6.45) is 0.357. The average Bonchev–Trinajstić information content (AvgIpc) is 2.49. The minimum atomic E-state index is -0.332. The molecule has 0 saturated carbocycles. The van der Waals surface area contributed by atoms with Gasteiger partial charge in [-0.2, -0.15) is 5.26 Å². The molecule has 4 nitrogen and oxygen atoms in total. The van der Waals surface area contributed by atoms with Gasteiger partial charge in [-0.25, -0.2) is 0 Å². The molecule has 0 atom stereocenters. The topological polar surface area (TPSA) is 64.9 Å². The van der Waals surface area contributed by atoms with Crippen molar-refractivity contribution in [2.24, 2.45) is 0 Å². The zero-order valence-electron chi connectivity index (χ0n) is 11.5. The maximum absolute atomic E-state index is 12.0. The van der Waals surface area contributed by atoms with Gasteiger partial charge in [0.15, 0.2) is 5.11 Å². The van der Waals surface area contributed by atoms with Crippen LogP contribution in [0.1, 0.15) is 15.9 Å². The number of hydrogen-bond donors (Lipinski definition) is 2. The van der Waals surface area contributed by atoms with Crippen molar-refractivity contribution in [3.05, 3.63) is 64.7 Å². The van der Waals surface area contributed by atoms with Crippen molar-refractivity contribution in [2.45, 2.75) is 6.42 Å². The molecule has 0 radical (unpaired) electrons. The molecule has 2 aromatic carbocycles. The second-order valence-corrected chi connectivity index (χ2v) is 5.30. The summed E-state index contributed by atoms with van der Waals surface area (Å²) in [5.41, 5.74) is 2.08. The standard InChI is InChI=1S/C16H12ClN3OS/c17-13-3-1-2-12(10-13)15(21)20-16(22)19-14-6-4-11(5-7-14)8-9-18/h1-7,10H,8H2,(H2,19,20,21,22). The molecule has 6 heteroatoms. The minimum Gasteiger partial charge on any atom is -0.332 e. The Kier molecular flexibility index (Phi) is 5.48. The van der Waals surface area contributed by atoms with E-state index in [9.17, 15) is 4.79 Å². The maximum atomic E-state index is 12.0. The molecule has 0 aromatic heterocycles. The minimum absolute atomic E-state index is 0.193. The van der Waals surface area contributed by atoms with E-state index in [2.05, 4.69) is 16.7 Å². The van der Waals surface area contributed by atoms with E-state index in [0.29, 0.717) is 17.0 Å². The molecule has 0 spiro atoms. The highest BCUT2D eigenvalue weighted by Gasteiger charge is 2.08. The summed E-state index contributed by atoms with van der Waals surface area (Å²) >= 11 is 10.9. The van der Waals surface area contributed by atoms with Crippen LogP contribution in [0.4, 0.5) is 5.69 Å². The SMILES string of the molecule is N#CCc1ccc(NC(=S)NC(=O)c2cccc(Cl)c2)cc1. The zero-order valence-corrected chi connectivity index (χ0v) is 13.0. The van der Waals surface area contributed by atoms with Crippen molar-refractivity contribution in [1.82, 2.24) is 5.32 Å². The van der Waals surface area contributed by atoms with E-state index in [0.717, 1.165) is 11.3 Å². The fourth-order valence-corrected chi connectivity index (χ4v) is 2.17. The van der Waals surface area contributed by atoms with Crippen LogP contribution in [0.25, 0.3) is 0 Å². The van der Waals surface area contributed by atoms with Crippen molar-refractivity contribution in [2.75, 3.05) is 5.32 Å². The molecule has 1 amide bonds. The lowest BCUT2D eigenvalue weighted by Crippen LogP contribution is -2.34. The first-order valence-electron chi connectivity index (χ1n) is 6.42. The number of hydrogen-bond acceptors (Lipinski definition) is 3. The predicted octanol–water partition coefficient (Wildman–Crippen LogP) is 3.53. The Bertz CT molecular complexity index is 738. The van der Waals surface area contributed by atoms with Crippen molar-refractivity contribution in [3.8, 4) is 6.07 Å². The fourth-order valence-electron chi connectivity index (χ4n) is 1.76. The van der Waals surface area contributed by atoms with Gasteiger partial charge in [0, 0.05) is 16.3 Å². The molecule has 0 heterocycles. The van der Waals surface area contributed by atoms with Crippen LogP contribution >= 0.6 is 23.8 Å². The summed E-state index contributed by atoms with van der Waals surface area (Å²) in [7, 11) is 0. The highest BCUT2D eigenvalue weighted by molar-refractivity contribution is 7.80. The van der Waals surface area contributed by atoms with Gasteiger partial charge in [-0.05, 0) is 48.1 Å². The molecular formula is C16H12ClN3OS. The number of anilines is 1. The molecule has 0 aliphatic carbocycles. The Hall–Kier alpha value is -2.42. The third-order valence-electron chi connectivity index (χ3n) is 2.81. The first-order chi connectivity index (χ1) is 10.6. The molecule has 0 unspecified atom stereocenters. The second-order valence-electron chi connectivity index (χ2n) is 4.45. The number of nitrogens with zero attached hydrogens (tertiary/aromatic N) is 1. The number of thiocarbonyl (C=S) groups is 1. The summed E-state index contributed by atoms with van der Waals surface area (Å²) in [6, 6.07) is 15.9. The number of nitriles is 1. The van der Waals surface area contributed by atoms with Gasteiger partial charge in [0.05, 0.1) is 12.5 Å². The van der Waals surface area contributed by atoms with Gasteiger partial charge in [0.2, 0.25) is 0 Å². The van der Waals surface area contributed by atoms with Gasteiger partial charge in [0.25, 0.3) is 5.91 Å². The van der Waals surface area contributed by atoms with E-state index in [4.69, 9.17) is 29.1 Å². The maximum Gasteiger partial charge on any atom is 0.257 e. The van der Waals surface area contributed by atoms with Gasteiger partial charge in [0.1, 0.15) is 0 Å². The lowest BCUT2D eigenvalue weighted by Gasteiger charge is -2.10. The monoisotopic (exact) mass is 329 g/mol. The summed E-state index contributed by atoms with van der Waals surface area (Å²) in [5, 5.41) is 14.8. The largest absolute Gasteiger partial charge is 0.332 e. The van der Waals surface area contributed by atoms with E-state index in [1.807, 2.05) is 12.1 Å². The van der Waals surface area contributed by atoms with Crippen LogP contribution in [0.3, 0.4) is 0 Å². The number of carbonyl (C=O) groups is 1. The summed E-state index contributed by atoms with van der Waals surface area (Å²) in [5.74, 6) is -0.332. The van der Waals surface area contributed by atoms with Gasteiger partial charge in [-0.3, -0.25) is 10.1 Å². The van der Waals surface area contributed by atoms with E-state index in [-0.39, 0.29) is 11.0 Å². The van der Waals surface area contributed by atoms with Crippen LogP contribution in [0.2, 0.25) is 5.02 Å². The van der Waals surface area contributed by atoms with Crippen molar-refractivity contribution in [3.63, 3.8) is 0 Å². The molecule has 0 aliphatic heterocycles. The molecule has 0 fully saturated rings. The third kappa shape index (κ3) is 4.55. The Balaban J connectivity index is 1.95. The molecular weight excluding hydrogens is 318 g/mol. The van der Waals surface area contributed by atoms with Crippen LogP contribution in [-0.2, 0) is 6.42 Å². The highest BCUT2D eigenvalue weighted by atomic mass is 35.5. The van der Waals surface area contributed by atoms with Gasteiger partial charge in [-0.15, -0.1) is 0 Å². The van der Waals surface area contributed by atoms with E-state index in [1.54, 1.807) is 36.4 Å². The highest BCUT2D eigenvalue weighted by Crippen LogP contribution is 2.11. The molecule has 110 valence electrons. The van der Waals surface area contributed by atoms with Gasteiger partial charge >= 0.3 is 0 Å². The fraction of sp³-hybridized carbons (Fsp3) is 0.0625. The Morgan fingerprint density at radius 2 is 1.95 bits per heavy atom. The van der Waals surface area contributed by atoms with E-state index in [1.165, 1.54) is 0 Å². The van der Waals surface area contributed by atoms with Crippen molar-refractivity contribution in [1.29, 1.82) is 5.26 Å². The van der Waals surface area contributed by atoms with Crippen molar-refractivity contribution >= 4 is 40.5 Å². The lowest BCUT2D eigenvalue weighted by molar-refractivity contribution is 0.0977. The molecule has 0 aliphatic rings. The van der Waals surface area contributed by atoms with E-state index >= 15 is 0 Å². The Labute approximate surface area is 138 Å². The first-order valence-corrected chi connectivity index (χ1v) is 7.21. The molecule has 2 N–H and O–H groups in total. The predicted molar refractivity (Wildman–Crippen MR) is 90.9 cm³/mol. The normalized spacial score (nSPS) is 9.64. The molecule has 22 heavy (non-hydrogen) atoms.